The molecule has 24 heavy (non-hydrogen) atoms. The Labute approximate surface area is 140 Å². The van der Waals surface area contributed by atoms with Crippen molar-refractivity contribution in [2.24, 2.45) is 0 Å². The number of rotatable bonds is 3. The third-order valence-corrected chi connectivity index (χ3v) is 5.09. The number of aryl methyl sites for hydroxylation is 1. The summed E-state index contributed by atoms with van der Waals surface area (Å²) in [6.45, 7) is 5.05. The zero-order valence-corrected chi connectivity index (χ0v) is 13.8. The van der Waals surface area contributed by atoms with Gasteiger partial charge in [0.1, 0.15) is 5.82 Å². The predicted molar refractivity (Wildman–Crippen MR) is 92.3 cm³/mol. The molecule has 0 bridgehead atoms. The van der Waals surface area contributed by atoms with Crippen LogP contribution in [0.1, 0.15) is 35.7 Å². The van der Waals surface area contributed by atoms with E-state index in [0.29, 0.717) is 5.92 Å². The summed E-state index contributed by atoms with van der Waals surface area (Å²) in [5, 5.41) is 0.986. The van der Waals surface area contributed by atoms with Crippen molar-refractivity contribution in [3.05, 3.63) is 59.6 Å². The zero-order valence-electron chi connectivity index (χ0n) is 13.8. The third-order valence-electron chi connectivity index (χ3n) is 5.09. The molecule has 1 aliphatic rings. The number of aromatic nitrogens is 3. The SMILES string of the molecule is Cc1c(CN2CCC(c3cnccn3)CC2)[nH]c2ccc(F)cc12. The molecule has 0 radical (unpaired) electrons. The number of aromatic amines is 1. The summed E-state index contributed by atoms with van der Waals surface area (Å²) in [5.41, 5.74) is 4.46. The average Bonchev–Trinajstić information content (AvgIpc) is 2.92. The van der Waals surface area contributed by atoms with Crippen LogP contribution < -0.4 is 0 Å². The second kappa shape index (κ2) is 6.32. The van der Waals surface area contributed by atoms with Crippen LogP contribution in [0.15, 0.2) is 36.8 Å². The van der Waals surface area contributed by atoms with Gasteiger partial charge in [0.15, 0.2) is 0 Å². The Bertz CT molecular complexity index is 835. The first-order valence-electron chi connectivity index (χ1n) is 8.45. The Hall–Kier alpha value is -2.27. The lowest BCUT2D eigenvalue weighted by Gasteiger charge is -2.31. The number of nitrogens with zero attached hydrogens (tertiary/aromatic N) is 3. The van der Waals surface area contributed by atoms with Crippen molar-refractivity contribution in [1.29, 1.82) is 0 Å². The molecule has 0 atom stereocenters. The van der Waals surface area contributed by atoms with Crippen molar-refractivity contribution >= 4 is 10.9 Å². The summed E-state index contributed by atoms with van der Waals surface area (Å²) in [7, 11) is 0. The van der Waals surface area contributed by atoms with Gasteiger partial charge < -0.3 is 4.98 Å². The minimum Gasteiger partial charge on any atom is -0.357 e. The van der Waals surface area contributed by atoms with E-state index >= 15 is 0 Å². The molecule has 3 aromatic rings. The van der Waals surface area contributed by atoms with Gasteiger partial charge >= 0.3 is 0 Å². The Morgan fingerprint density at radius 2 is 2.08 bits per heavy atom. The van der Waals surface area contributed by atoms with Gasteiger partial charge in [-0.2, -0.15) is 0 Å². The molecular weight excluding hydrogens is 303 g/mol. The number of hydrogen-bond donors (Lipinski definition) is 1. The summed E-state index contributed by atoms with van der Waals surface area (Å²) < 4.78 is 13.5. The quantitative estimate of drug-likeness (QED) is 0.797. The molecule has 0 saturated carbocycles. The number of fused-ring (bicyclic) bond motifs is 1. The number of halogens is 1. The topological polar surface area (TPSA) is 44.8 Å². The molecule has 4 rings (SSSR count). The van der Waals surface area contributed by atoms with Crippen molar-refractivity contribution in [3.8, 4) is 0 Å². The van der Waals surface area contributed by atoms with Crippen LogP contribution in [0.5, 0.6) is 0 Å². The van der Waals surface area contributed by atoms with Crippen LogP contribution in [0, 0.1) is 12.7 Å². The van der Waals surface area contributed by atoms with Crippen molar-refractivity contribution in [2.45, 2.75) is 32.2 Å². The van der Waals surface area contributed by atoms with E-state index in [2.05, 4.69) is 26.8 Å². The van der Waals surface area contributed by atoms with E-state index in [0.717, 1.165) is 54.6 Å². The van der Waals surface area contributed by atoms with E-state index < -0.39 is 0 Å². The lowest BCUT2D eigenvalue weighted by atomic mass is 9.93. The van der Waals surface area contributed by atoms with Crippen LogP contribution in [0.3, 0.4) is 0 Å². The van der Waals surface area contributed by atoms with Crippen LogP contribution in [0.2, 0.25) is 0 Å². The minimum absolute atomic E-state index is 0.180. The first kappa shape index (κ1) is 15.3. The number of hydrogen-bond acceptors (Lipinski definition) is 3. The van der Waals surface area contributed by atoms with E-state index in [-0.39, 0.29) is 5.82 Å². The van der Waals surface area contributed by atoms with Crippen molar-refractivity contribution in [3.63, 3.8) is 0 Å². The second-order valence-electron chi connectivity index (χ2n) is 6.60. The molecule has 1 fully saturated rings. The van der Waals surface area contributed by atoms with Gasteiger partial charge in [0.2, 0.25) is 0 Å². The van der Waals surface area contributed by atoms with Gasteiger partial charge in [0.05, 0.1) is 5.69 Å². The highest BCUT2D eigenvalue weighted by Gasteiger charge is 2.22. The molecule has 2 aromatic heterocycles. The molecule has 0 unspecified atom stereocenters. The number of H-pyrrole nitrogens is 1. The lowest BCUT2D eigenvalue weighted by Crippen LogP contribution is -2.33. The molecular formula is C19H21FN4. The molecule has 0 amide bonds. The summed E-state index contributed by atoms with van der Waals surface area (Å²) in [4.78, 5) is 14.5. The van der Waals surface area contributed by atoms with Gasteiger partial charge in [-0.3, -0.25) is 14.9 Å². The summed E-state index contributed by atoms with van der Waals surface area (Å²) >= 11 is 0. The van der Waals surface area contributed by atoms with Gasteiger partial charge in [0.25, 0.3) is 0 Å². The minimum atomic E-state index is -0.180. The standard InChI is InChI=1S/C19H21FN4/c1-13-16-10-15(20)2-3-17(16)23-19(13)12-24-8-4-14(5-9-24)18-11-21-6-7-22-18/h2-3,6-7,10-11,14,23H,4-5,8-9,12H2,1H3. The highest BCUT2D eigenvalue weighted by atomic mass is 19.1. The van der Waals surface area contributed by atoms with Crippen LogP contribution in [-0.4, -0.2) is 32.9 Å². The van der Waals surface area contributed by atoms with E-state index in [4.69, 9.17) is 0 Å². The van der Waals surface area contributed by atoms with E-state index in [9.17, 15) is 4.39 Å². The smallest absolute Gasteiger partial charge is 0.123 e. The number of nitrogens with one attached hydrogen (secondary N) is 1. The van der Waals surface area contributed by atoms with Gasteiger partial charge in [0, 0.05) is 47.7 Å². The number of likely N-dealkylation sites (tertiary alicyclic amines) is 1. The van der Waals surface area contributed by atoms with Crippen LogP contribution in [0.4, 0.5) is 4.39 Å². The number of piperidine rings is 1. The number of benzene rings is 1. The molecule has 1 aromatic carbocycles. The first-order valence-corrected chi connectivity index (χ1v) is 8.45. The van der Waals surface area contributed by atoms with Crippen molar-refractivity contribution in [2.75, 3.05) is 13.1 Å². The highest BCUT2D eigenvalue weighted by Crippen LogP contribution is 2.28. The van der Waals surface area contributed by atoms with Crippen LogP contribution in [-0.2, 0) is 6.54 Å². The summed E-state index contributed by atoms with van der Waals surface area (Å²) in [6.07, 6.45) is 7.59. The Balaban J connectivity index is 1.45. The zero-order chi connectivity index (χ0) is 16.5. The molecule has 0 aliphatic carbocycles. The third kappa shape index (κ3) is 2.91. The summed E-state index contributed by atoms with van der Waals surface area (Å²) in [6, 6.07) is 4.95. The molecule has 0 spiro atoms. The van der Waals surface area contributed by atoms with E-state index in [1.165, 1.54) is 11.8 Å². The van der Waals surface area contributed by atoms with E-state index in [1.807, 2.05) is 12.3 Å². The Morgan fingerprint density at radius 1 is 1.25 bits per heavy atom. The van der Waals surface area contributed by atoms with E-state index in [1.54, 1.807) is 18.5 Å². The highest BCUT2D eigenvalue weighted by molar-refractivity contribution is 5.84. The molecule has 124 valence electrons. The maximum atomic E-state index is 13.5. The van der Waals surface area contributed by atoms with Gasteiger partial charge in [-0.05, 0) is 56.6 Å². The predicted octanol–water partition coefficient (Wildman–Crippen LogP) is 3.79. The lowest BCUT2D eigenvalue weighted by molar-refractivity contribution is 0.201. The fourth-order valence-electron chi connectivity index (χ4n) is 3.64. The molecule has 5 heteroatoms. The maximum Gasteiger partial charge on any atom is 0.123 e. The average molecular weight is 324 g/mol. The largest absolute Gasteiger partial charge is 0.357 e. The molecule has 1 aliphatic heterocycles. The Morgan fingerprint density at radius 3 is 2.83 bits per heavy atom. The fourth-order valence-corrected chi connectivity index (χ4v) is 3.64. The van der Waals surface area contributed by atoms with Crippen molar-refractivity contribution < 1.29 is 4.39 Å². The fraction of sp³-hybridized carbons (Fsp3) is 0.368. The molecule has 4 nitrogen and oxygen atoms in total. The molecule has 1 saturated heterocycles. The molecule has 3 heterocycles. The summed E-state index contributed by atoms with van der Waals surface area (Å²) in [5.74, 6) is 0.328. The maximum absolute atomic E-state index is 13.5. The first-order chi connectivity index (χ1) is 11.7. The normalized spacial score (nSPS) is 16.8. The van der Waals surface area contributed by atoms with Gasteiger partial charge in [-0.1, -0.05) is 0 Å². The van der Waals surface area contributed by atoms with Gasteiger partial charge in [-0.15, -0.1) is 0 Å². The van der Waals surface area contributed by atoms with Gasteiger partial charge in [-0.25, -0.2) is 4.39 Å². The van der Waals surface area contributed by atoms with Crippen molar-refractivity contribution in [1.82, 2.24) is 19.9 Å². The molecule has 1 N–H and O–H groups in total. The van der Waals surface area contributed by atoms with Crippen LogP contribution >= 0.6 is 0 Å². The van der Waals surface area contributed by atoms with Crippen LogP contribution in [0.25, 0.3) is 10.9 Å². The Kier molecular flexibility index (Phi) is 4.02. The second-order valence-corrected chi connectivity index (χ2v) is 6.60. The monoisotopic (exact) mass is 324 g/mol.